The molecule has 1 heterocycles. The molecule has 0 spiro atoms. The average molecular weight is 289 g/mol. The van der Waals surface area contributed by atoms with Crippen LogP contribution >= 0.6 is 11.8 Å². The van der Waals surface area contributed by atoms with Crippen LogP contribution in [-0.2, 0) is 11.3 Å². The molecule has 3 nitrogen and oxygen atoms in total. The number of rotatable bonds is 5. The summed E-state index contributed by atoms with van der Waals surface area (Å²) >= 11 is 1.05. The van der Waals surface area contributed by atoms with E-state index in [2.05, 4.69) is 6.92 Å². The summed E-state index contributed by atoms with van der Waals surface area (Å²) < 4.78 is 0. The lowest BCUT2D eigenvalue weighted by Crippen LogP contribution is -2.27. The maximum atomic E-state index is 12.2. The Labute approximate surface area is 124 Å². The molecule has 106 valence electrons. The Morgan fingerprint density at radius 2 is 1.90 bits per heavy atom. The highest BCUT2D eigenvalue weighted by atomic mass is 32.2. The molecule has 2 amide bonds. The number of hydrogen-bond donors (Lipinski definition) is 0. The minimum absolute atomic E-state index is 0.156. The third-order valence-electron chi connectivity index (χ3n) is 3.22. The molecule has 0 aromatic heterocycles. The van der Waals surface area contributed by atoms with Gasteiger partial charge in [0.05, 0.1) is 11.4 Å². The first kappa shape index (κ1) is 14.9. The molecule has 0 saturated carbocycles. The molecule has 1 saturated heterocycles. The van der Waals surface area contributed by atoms with Gasteiger partial charge in [0.25, 0.3) is 11.1 Å². The molecule has 0 bridgehead atoms. The lowest BCUT2D eigenvalue weighted by atomic mass is 10.1. The van der Waals surface area contributed by atoms with E-state index >= 15 is 0 Å². The van der Waals surface area contributed by atoms with Gasteiger partial charge in [-0.3, -0.25) is 14.5 Å². The monoisotopic (exact) mass is 289 g/mol. The van der Waals surface area contributed by atoms with Crippen LogP contribution in [-0.4, -0.2) is 16.0 Å². The van der Waals surface area contributed by atoms with E-state index < -0.39 is 0 Å². The third-order valence-corrected chi connectivity index (χ3v) is 4.18. The molecule has 0 N–H and O–H groups in total. The topological polar surface area (TPSA) is 37.4 Å². The highest BCUT2D eigenvalue weighted by Gasteiger charge is 2.34. The van der Waals surface area contributed by atoms with Crippen molar-refractivity contribution < 1.29 is 9.59 Å². The zero-order valence-corrected chi connectivity index (χ0v) is 12.7. The van der Waals surface area contributed by atoms with Gasteiger partial charge < -0.3 is 0 Å². The highest BCUT2D eigenvalue weighted by Crippen LogP contribution is 2.32. The Balaban J connectivity index is 2.05. The first-order valence-corrected chi connectivity index (χ1v) is 7.73. The number of imide groups is 1. The van der Waals surface area contributed by atoms with Gasteiger partial charge in [0.2, 0.25) is 0 Å². The first-order valence-electron chi connectivity index (χ1n) is 6.91. The van der Waals surface area contributed by atoms with Gasteiger partial charge >= 0.3 is 0 Å². The van der Waals surface area contributed by atoms with Crippen molar-refractivity contribution in [2.75, 3.05) is 0 Å². The quantitative estimate of drug-likeness (QED) is 0.600. The molecule has 1 aliphatic heterocycles. The summed E-state index contributed by atoms with van der Waals surface area (Å²) in [6.45, 7) is 4.48. The van der Waals surface area contributed by atoms with E-state index in [1.807, 2.05) is 37.3 Å². The van der Waals surface area contributed by atoms with Gasteiger partial charge in [0.1, 0.15) is 0 Å². The number of allylic oxidation sites excluding steroid dienone is 1. The van der Waals surface area contributed by atoms with Crippen molar-refractivity contribution in [2.24, 2.45) is 0 Å². The van der Waals surface area contributed by atoms with E-state index in [4.69, 9.17) is 0 Å². The molecule has 2 rings (SSSR count). The van der Waals surface area contributed by atoms with Crippen molar-refractivity contribution in [1.82, 2.24) is 4.90 Å². The number of carbonyl (C=O) groups excluding carboxylic acids is 2. The van der Waals surface area contributed by atoms with Crippen molar-refractivity contribution in [3.05, 3.63) is 46.4 Å². The number of hydrogen-bond acceptors (Lipinski definition) is 3. The van der Waals surface area contributed by atoms with Crippen LogP contribution in [0, 0.1) is 6.92 Å². The Hall–Kier alpha value is -1.55. The maximum Gasteiger partial charge on any atom is 0.293 e. The third kappa shape index (κ3) is 3.51. The number of carbonyl (C=O) groups is 2. The number of thioether (sulfide) groups is 1. The van der Waals surface area contributed by atoms with Crippen molar-refractivity contribution in [3.63, 3.8) is 0 Å². The molecule has 1 aromatic carbocycles. The number of unbranched alkanes of at least 4 members (excludes halogenated alkanes) is 2. The van der Waals surface area contributed by atoms with Crippen molar-refractivity contribution in [3.8, 4) is 0 Å². The van der Waals surface area contributed by atoms with Crippen LogP contribution in [0.5, 0.6) is 0 Å². The van der Waals surface area contributed by atoms with Gasteiger partial charge in [-0.2, -0.15) is 0 Å². The van der Waals surface area contributed by atoms with Crippen LogP contribution in [0.25, 0.3) is 0 Å². The summed E-state index contributed by atoms with van der Waals surface area (Å²) in [5.74, 6) is -0.156. The molecule has 0 radical (unpaired) electrons. The van der Waals surface area contributed by atoms with E-state index in [9.17, 15) is 9.59 Å². The van der Waals surface area contributed by atoms with Crippen LogP contribution in [0.15, 0.2) is 35.2 Å². The maximum absolute atomic E-state index is 12.2. The molecular formula is C16H19NO2S. The zero-order chi connectivity index (χ0) is 14.5. The van der Waals surface area contributed by atoms with Gasteiger partial charge in [-0.05, 0) is 30.7 Å². The van der Waals surface area contributed by atoms with Gasteiger partial charge in [0, 0.05) is 0 Å². The largest absolute Gasteiger partial charge is 0.293 e. The Kier molecular flexibility index (Phi) is 5.01. The van der Waals surface area contributed by atoms with E-state index in [0.29, 0.717) is 11.4 Å². The summed E-state index contributed by atoms with van der Waals surface area (Å²) in [6, 6.07) is 7.90. The second kappa shape index (κ2) is 6.75. The zero-order valence-electron chi connectivity index (χ0n) is 11.9. The molecule has 1 aromatic rings. The van der Waals surface area contributed by atoms with Gasteiger partial charge in [-0.25, -0.2) is 0 Å². The molecule has 1 aliphatic rings. The summed E-state index contributed by atoms with van der Waals surface area (Å²) in [5.41, 5.74) is 2.15. The second-order valence-corrected chi connectivity index (χ2v) is 5.95. The van der Waals surface area contributed by atoms with Gasteiger partial charge in [-0.15, -0.1) is 0 Å². The first-order chi connectivity index (χ1) is 9.61. The van der Waals surface area contributed by atoms with Gasteiger partial charge in [-0.1, -0.05) is 55.7 Å². The highest BCUT2D eigenvalue weighted by molar-refractivity contribution is 8.18. The van der Waals surface area contributed by atoms with E-state index in [1.54, 1.807) is 0 Å². The van der Waals surface area contributed by atoms with Crippen LogP contribution in [0.4, 0.5) is 4.79 Å². The SMILES string of the molecule is CCCCC=C1SC(=O)N(Cc2ccc(C)cc2)C1=O. The fraction of sp³-hybridized carbons (Fsp3) is 0.375. The van der Waals surface area contributed by atoms with Crippen LogP contribution in [0.2, 0.25) is 0 Å². The summed E-state index contributed by atoms with van der Waals surface area (Å²) in [4.78, 5) is 26.0. The molecule has 0 aliphatic carbocycles. The second-order valence-electron chi connectivity index (χ2n) is 4.96. The molecule has 20 heavy (non-hydrogen) atoms. The molecule has 1 fully saturated rings. The Morgan fingerprint density at radius 1 is 1.20 bits per heavy atom. The van der Waals surface area contributed by atoms with Crippen LogP contribution in [0.1, 0.15) is 37.3 Å². The lowest BCUT2D eigenvalue weighted by molar-refractivity contribution is -0.123. The normalized spacial score (nSPS) is 17.3. The lowest BCUT2D eigenvalue weighted by Gasteiger charge is -2.12. The number of benzene rings is 1. The van der Waals surface area contributed by atoms with Crippen molar-refractivity contribution in [1.29, 1.82) is 0 Å². The summed E-state index contributed by atoms with van der Waals surface area (Å²) in [5, 5.41) is -0.168. The molecule has 0 unspecified atom stereocenters. The van der Waals surface area contributed by atoms with E-state index in [1.165, 1.54) is 10.5 Å². The number of nitrogens with zero attached hydrogens (tertiary/aromatic N) is 1. The molecular weight excluding hydrogens is 270 g/mol. The smallest absolute Gasteiger partial charge is 0.268 e. The fourth-order valence-electron chi connectivity index (χ4n) is 1.99. The minimum Gasteiger partial charge on any atom is -0.268 e. The predicted octanol–water partition coefficient (Wildman–Crippen LogP) is 4.26. The van der Waals surface area contributed by atoms with Crippen LogP contribution < -0.4 is 0 Å². The number of amides is 2. The number of aryl methyl sites for hydroxylation is 1. The van der Waals surface area contributed by atoms with Crippen molar-refractivity contribution in [2.45, 2.75) is 39.7 Å². The summed E-state index contributed by atoms with van der Waals surface area (Å²) in [7, 11) is 0. The predicted molar refractivity (Wildman–Crippen MR) is 82.3 cm³/mol. The Morgan fingerprint density at radius 3 is 2.55 bits per heavy atom. The Bertz CT molecular complexity index is 534. The summed E-state index contributed by atoms with van der Waals surface area (Å²) in [6.07, 6.45) is 4.88. The fourth-order valence-corrected chi connectivity index (χ4v) is 2.83. The standard InChI is InChI=1S/C16H19NO2S/c1-3-4-5-6-14-15(18)17(16(19)20-14)11-13-9-7-12(2)8-10-13/h6-10H,3-5,11H2,1-2H3. The van der Waals surface area contributed by atoms with Gasteiger partial charge in [0.15, 0.2) is 0 Å². The average Bonchev–Trinajstić information content (AvgIpc) is 2.69. The molecule has 4 heteroatoms. The van der Waals surface area contributed by atoms with Crippen molar-refractivity contribution >= 4 is 22.9 Å². The van der Waals surface area contributed by atoms with E-state index in [0.717, 1.165) is 36.6 Å². The van der Waals surface area contributed by atoms with Crippen LogP contribution in [0.3, 0.4) is 0 Å². The van der Waals surface area contributed by atoms with E-state index in [-0.39, 0.29) is 11.1 Å². The minimum atomic E-state index is -0.168. The molecule has 0 atom stereocenters.